The summed E-state index contributed by atoms with van der Waals surface area (Å²) in [5, 5.41) is 12.4. The molecule has 1 fully saturated rings. The van der Waals surface area contributed by atoms with Gasteiger partial charge in [0.15, 0.2) is 0 Å². The number of hydrogen-bond donors (Lipinski definition) is 2. The SMILES string of the molecule is CC(O)CCOCCC1CCCNC1. The highest BCUT2D eigenvalue weighted by molar-refractivity contribution is 4.68. The topological polar surface area (TPSA) is 41.5 Å². The molecule has 0 bridgehead atoms. The molecule has 1 rings (SSSR count). The average Bonchev–Trinajstić information content (AvgIpc) is 2.18. The number of aliphatic hydroxyl groups excluding tert-OH is 1. The Morgan fingerprint density at radius 2 is 2.36 bits per heavy atom. The third kappa shape index (κ3) is 5.58. The van der Waals surface area contributed by atoms with Crippen LogP contribution in [0, 0.1) is 5.92 Å². The summed E-state index contributed by atoms with van der Waals surface area (Å²) in [6.45, 7) is 5.67. The largest absolute Gasteiger partial charge is 0.393 e. The number of rotatable bonds is 6. The molecule has 1 aliphatic heterocycles. The van der Waals surface area contributed by atoms with Crippen LogP contribution in [0.1, 0.15) is 32.6 Å². The van der Waals surface area contributed by atoms with Crippen molar-refractivity contribution in [1.29, 1.82) is 0 Å². The van der Waals surface area contributed by atoms with Gasteiger partial charge in [0.25, 0.3) is 0 Å². The Labute approximate surface area is 86.8 Å². The van der Waals surface area contributed by atoms with E-state index < -0.39 is 0 Å². The molecule has 2 unspecified atom stereocenters. The monoisotopic (exact) mass is 201 g/mol. The minimum absolute atomic E-state index is 0.230. The smallest absolute Gasteiger partial charge is 0.0534 e. The van der Waals surface area contributed by atoms with Gasteiger partial charge in [0.05, 0.1) is 6.10 Å². The van der Waals surface area contributed by atoms with Crippen molar-refractivity contribution >= 4 is 0 Å². The van der Waals surface area contributed by atoms with Crippen LogP contribution in [0.3, 0.4) is 0 Å². The zero-order chi connectivity index (χ0) is 10.2. The molecule has 0 spiro atoms. The molecule has 3 heteroatoms. The van der Waals surface area contributed by atoms with Gasteiger partial charge in [0.2, 0.25) is 0 Å². The molecule has 1 aliphatic rings. The summed E-state index contributed by atoms with van der Waals surface area (Å²) in [5.74, 6) is 0.801. The van der Waals surface area contributed by atoms with Crippen LogP contribution in [0.5, 0.6) is 0 Å². The summed E-state index contributed by atoms with van der Waals surface area (Å²) in [4.78, 5) is 0. The second kappa shape index (κ2) is 7.21. The fourth-order valence-corrected chi connectivity index (χ4v) is 1.78. The molecule has 0 amide bonds. The van der Waals surface area contributed by atoms with Gasteiger partial charge in [-0.2, -0.15) is 0 Å². The third-order valence-corrected chi connectivity index (χ3v) is 2.75. The van der Waals surface area contributed by atoms with Gasteiger partial charge >= 0.3 is 0 Å². The lowest BCUT2D eigenvalue weighted by Gasteiger charge is -2.22. The van der Waals surface area contributed by atoms with Crippen LogP contribution in [-0.4, -0.2) is 37.5 Å². The number of piperidine rings is 1. The van der Waals surface area contributed by atoms with Gasteiger partial charge in [0, 0.05) is 13.2 Å². The second-order valence-corrected chi connectivity index (χ2v) is 4.25. The molecule has 0 aromatic heterocycles. The molecule has 1 heterocycles. The Balaban J connectivity index is 1.87. The van der Waals surface area contributed by atoms with Crippen LogP contribution >= 0.6 is 0 Å². The van der Waals surface area contributed by atoms with E-state index in [4.69, 9.17) is 9.84 Å². The molecule has 0 aromatic rings. The highest BCUT2D eigenvalue weighted by Gasteiger charge is 2.11. The van der Waals surface area contributed by atoms with Gasteiger partial charge in [-0.3, -0.25) is 0 Å². The van der Waals surface area contributed by atoms with E-state index in [0.717, 1.165) is 31.9 Å². The lowest BCUT2D eigenvalue weighted by atomic mass is 9.97. The Kier molecular flexibility index (Phi) is 6.15. The molecule has 14 heavy (non-hydrogen) atoms. The summed E-state index contributed by atoms with van der Waals surface area (Å²) in [5.41, 5.74) is 0. The van der Waals surface area contributed by atoms with Gasteiger partial charge in [-0.25, -0.2) is 0 Å². The highest BCUT2D eigenvalue weighted by atomic mass is 16.5. The molecular formula is C11H23NO2. The fourth-order valence-electron chi connectivity index (χ4n) is 1.78. The van der Waals surface area contributed by atoms with Crippen molar-refractivity contribution in [3.63, 3.8) is 0 Å². The predicted octanol–water partition coefficient (Wildman–Crippen LogP) is 1.16. The standard InChI is InChI=1S/C11H23NO2/c1-10(13)4-7-14-8-5-11-3-2-6-12-9-11/h10-13H,2-9H2,1H3. The molecule has 84 valence electrons. The number of hydrogen-bond acceptors (Lipinski definition) is 3. The maximum atomic E-state index is 9.01. The van der Waals surface area contributed by atoms with Crippen LogP contribution in [0.15, 0.2) is 0 Å². The van der Waals surface area contributed by atoms with E-state index in [0.29, 0.717) is 6.61 Å². The number of ether oxygens (including phenoxy) is 1. The Hall–Kier alpha value is -0.120. The summed E-state index contributed by atoms with van der Waals surface area (Å²) in [6.07, 6.45) is 4.33. The molecule has 2 N–H and O–H groups in total. The van der Waals surface area contributed by atoms with Crippen molar-refractivity contribution in [1.82, 2.24) is 5.32 Å². The quantitative estimate of drug-likeness (QED) is 0.634. The first-order valence-corrected chi connectivity index (χ1v) is 5.75. The van der Waals surface area contributed by atoms with Crippen molar-refractivity contribution in [2.45, 2.75) is 38.7 Å². The Morgan fingerprint density at radius 3 is 3.00 bits per heavy atom. The van der Waals surface area contributed by atoms with E-state index in [1.54, 1.807) is 6.92 Å². The van der Waals surface area contributed by atoms with E-state index in [1.807, 2.05) is 0 Å². The fraction of sp³-hybridized carbons (Fsp3) is 1.00. The summed E-state index contributed by atoms with van der Waals surface area (Å²) in [6, 6.07) is 0. The van der Waals surface area contributed by atoms with Gasteiger partial charge in [-0.15, -0.1) is 0 Å². The minimum Gasteiger partial charge on any atom is -0.393 e. The van der Waals surface area contributed by atoms with E-state index in [2.05, 4.69) is 5.32 Å². The van der Waals surface area contributed by atoms with Crippen LogP contribution in [-0.2, 0) is 4.74 Å². The zero-order valence-electron chi connectivity index (χ0n) is 9.17. The van der Waals surface area contributed by atoms with Crippen LogP contribution < -0.4 is 5.32 Å². The zero-order valence-corrected chi connectivity index (χ0v) is 9.17. The normalized spacial score (nSPS) is 24.9. The van der Waals surface area contributed by atoms with E-state index in [1.165, 1.54) is 19.4 Å². The van der Waals surface area contributed by atoms with Gasteiger partial charge < -0.3 is 15.2 Å². The predicted molar refractivity (Wildman–Crippen MR) is 57.3 cm³/mol. The van der Waals surface area contributed by atoms with Crippen molar-refractivity contribution in [3.05, 3.63) is 0 Å². The lowest BCUT2D eigenvalue weighted by Crippen LogP contribution is -2.30. The van der Waals surface area contributed by atoms with Crippen LogP contribution in [0.4, 0.5) is 0 Å². The van der Waals surface area contributed by atoms with Crippen molar-refractivity contribution in [2.24, 2.45) is 5.92 Å². The van der Waals surface area contributed by atoms with Gasteiger partial charge in [0.1, 0.15) is 0 Å². The molecule has 1 saturated heterocycles. The van der Waals surface area contributed by atoms with Crippen LogP contribution in [0.25, 0.3) is 0 Å². The molecular weight excluding hydrogens is 178 g/mol. The first-order chi connectivity index (χ1) is 6.79. The van der Waals surface area contributed by atoms with Crippen LogP contribution in [0.2, 0.25) is 0 Å². The summed E-state index contributed by atoms with van der Waals surface area (Å²) in [7, 11) is 0. The average molecular weight is 201 g/mol. The summed E-state index contributed by atoms with van der Waals surface area (Å²) < 4.78 is 5.46. The second-order valence-electron chi connectivity index (χ2n) is 4.25. The highest BCUT2D eigenvalue weighted by Crippen LogP contribution is 2.13. The van der Waals surface area contributed by atoms with E-state index in [9.17, 15) is 0 Å². The molecule has 2 atom stereocenters. The number of aliphatic hydroxyl groups is 1. The lowest BCUT2D eigenvalue weighted by molar-refractivity contribution is 0.0795. The number of nitrogens with one attached hydrogen (secondary N) is 1. The van der Waals surface area contributed by atoms with Crippen molar-refractivity contribution in [3.8, 4) is 0 Å². The first kappa shape index (κ1) is 12.0. The van der Waals surface area contributed by atoms with Crippen molar-refractivity contribution < 1.29 is 9.84 Å². The summed E-state index contributed by atoms with van der Waals surface area (Å²) >= 11 is 0. The maximum Gasteiger partial charge on any atom is 0.0534 e. The molecule has 0 aliphatic carbocycles. The van der Waals surface area contributed by atoms with E-state index >= 15 is 0 Å². The molecule has 0 aromatic carbocycles. The Bertz CT molecular complexity index is 133. The van der Waals surface area contributed by atoms with Crippen molar-refractivity contribution in [2.75, 3.05) is 26.3 Å². The van der Waals surface area contributed by atoms with Gasteiger partial charge in [-0.1, -0.05) is 0 Å². The molecule has 3 nitrogen and oxygen atoms in total. The third-order valence-electron chi connectivity index (χ3n) is 2.75. The maximum absolute atomic E-state index is 9.01. The first-order valence-electron chi connectivity index (χ1n) is 5.75. The minimum atomic E-state index is -0.230. The van der Waals surface area contributed by atoms with Gasteiger partial charge in [-0.05, 0) is 51.6 Å². The Morgan fingerprint density at radius 1 is 1.50 bits per heavy atom. The molecule has 0 saturated carbocycles. The van der Waals surface area contributed by atoms with E-state index in [-0.39, 0.29) is 6.10 Å². The molecule has 0 radical (unpaired) electrons.